The zero-order chi connectivity index (χ0) is 20.2. The van der Waals surface area contributed by atoms with Gasteiger partial charge in [-0.25, -0.2) is 0 Å². The molecule has 3 amide bonds. The minimum Gasteiger partial charge on any atom is -0.324 e. The summed E-state index contributed by atoms with van der Waals surface area (Å²) < 4.78 is 0. The topological polar surface area (TPSA) is 78.5 Å². The van der Waals surface area contributed by atoms with Gasteiger partial charge in [-0.3, -0.25) is 24.6 Å². The van der Waals surface area contributed by atoms with Gasteiger partial charge in [-0.2, -0.15) is 11.8 Å². The molecule has 2 fully saturated rings. The lowest BCUT2D eigenvalue weighted by molar-refractivity contribution is -0.145. The van der Waals surface area contributed by atoms with Gasteiger partial charge in [-0.1, -0.05) is 18.5 Å². The van der Waals surface area contributed by atoms with Gasteiger partial charge in [0.2, 0.25) is 17.7 Å². The van der Waals surface area contributed by atoms with E-state index in [1.54, 1.807) is 30.0 Å². The number of nitrogens with one attached hydrogen (secondary N) is 2. The van der Waals surface area contributed by atoms with Crippen molar-refractivity contribution < 1.29 is 14.4 Å². The molecule has 0 saturated carbocycles. The van der Waals surface area contributed by atoms with Crippen LogP contribution in [0.2, 0.25) is 5.02 Å². The molecule has 2 N–H and O–H groups in total. The van der Waals surface area contributed by atoms with E-state index in [0.717, 1.165) is 5.75 Å². The summed E-state index contributed by atoms with van der Waals surface area (Å²) in [4.78, 5) is 41.4. The summed E-state index contributed by atoms with van der Waals surface area (Å²) in [5.41, 5.74) is 0.0651. The fourth-order valence-electron chi connectivity index (χ4n) is 4.91. The van der Waals surface area contributed by atoms with Gasteiger partial charge < -0.3 is 5.32 Å². The monoisotopic (exact) mass is 421 g/mol. The molecule has 0 aliphatic carbocycles. The van der Waals surface area contributed by atoms with Gasteiger partial charge in [0.05, 0.1) is 11.8 Å². The van der Waals surface area contributed by atoms with E-state index >= 15 is 0 Å². The smallest absolute Gasteiger partial charge is 0.250 e. The van der Waals surface area contributed by atoms with Crippen LogP contribution in [0, 0.1) is 11.8 Å². The molecule has 4 rings (SSSR count). The average Bonchev–Trinajstić information content (AvgIpc) is 3.25. The van der Waals surface area contributed by atoms with E-state index < -0.39 is 17.4 Å². The lowest BCUT2D eigenvalue weighted by Gasteiger charge is -2.31. The van der Waals surface area contributed by atoms with Crippen molar-refractivity contribution in [2.75, 3.05) is 17.3 Å². The third kappa shape index (κ3) is 2.56. The molecule has 2 saturated heterocycles. The Bertz CT molecular complexity index is 863. The van der Waals surface area contributed by atoms with Gasteiger partial charge in [0, 0.05) is 28.4 Å². The summed E-state index contributed by atoms with van der Waals surface area (Å²) in [6, 6.07) is 4.78. The van der Waals surface area contributed by atoms with Gasteiger partial charge in [0.1, 0.15) is 5.54 Å². The molecule has 3 aliphatic heterocycles. The molecule has 0 aromatic heterocycles. The van der Waals surface area contributed by atoms with E-state index in [4.69, 9.17) is 11.6 Å². The molecular weight excluding hydrogens is 398 g/mol. The number of amides is 3. The molecule has 3 heterocycles. The van der Waals surface area contributed by atoms with Crippen molar-refractivity contribution in [2.45, 2.75) is 44.3 Å². The Morgan fingerprint density at radius 1 is 1.29 bits per heavy atom. The highest BCUT2D eigenvalue weighted by Crippen LogP contribution is 2.54. The minimum atomic E-state index is -1.25. The summed E-state index contributed by atoms with van der Waals surface area (Å²) in [6.45, 7) is 3.84. The maximum absolute atomic E-state index is 13.5. The average molecular weight is 422 g/mol. The Morgan fingerprint density at radius 2 is 2.04 bits per heavy atom. The number of halogens is 1. The zero-order valence-corrected chi connectivity index (χ0v) is 17.7. The van der Waals surface area contributed by atoms with Crippen LogP contribution in [0.25, 0.3) is 0 Å². The van der Waals surface area contributed by atoms with Crippen molar-refractivity contribution in [1.29, 1.82) is 0 Å². The van der Waals surface area contributed by atoms with Crippen molar-refractivity contribution in [2.24, 2.45) is 11.8 Å². The summed E-state index contributed by atoms with van der Waals surface area (Å²) in [7, 11) is 0. The lowest BCUT2D eigenvalue weighted by Crippen LogP contribution is -2.54. The van der Waals surface area contributed by atoms with Crippen LogP contribution in [-0.4, -0.2) is 46.7 Å². The fraction of sp³-hybridized carbons (Fsp3) is 0.550. The number of fused-ring (bicyclic) bond motifs is 4. The third-order valence-corrected chi connectivity index (χ3v) is 7.25. The number of hydrogen-bond acceptors (Lipinski definition) is 5. The number of rotatable bonds is 5. The van der Waals surface area contributed by atoms with Crippen molar-refractivity contribution in [1.82, 2.24) is 10.2 Å². The highest BCUT2D eigenvalue weighted by atomic mass is 35.5. The van der Waals surface area contributed by atoms with Gasteiger partial charge in [-0.05, 0) is 50.0 Å². The minimum absolute atomic E-state index is 0.164. The molecule has 150 valence electrons. The first-order chi connectivity index (χ1) is 13.4. The van der Waals surface area contributed by atoms with Gasteiger partial charge in [0.25, 0.3) is 0 Å². The molecule has 6 nitrogen and oxygen atoms in total. The predicted molar refractivity (Wildman–Crippen MR) is 110 cm³/mol. The molecule has 1 spiro atoms. The molecule has 28 heavy (non-hydrogen) atoms. The van der Waals surface area contributed by atoms with Crippen LogP contribution in [0.1, 0.15) is 32.3 Å². The number of carbonyl (C=O) groups excluding carboxylic acids is 3. The van der Waals surface area contributed by atoms with Gasteiger partial charge in [0.15, 0.2) is 0 Å². The van der Waals surface area contributed by atoms with Gasteiger partial charge in [-0.15, -0.1) is 0 Å². The Morgan fingerprint density at radius 3 is 2.71 bits per heavy atom. The molecule has 5 atom stereocenters. The highest BCUT2D eigenvalue weighted by molar-refractivity contribution is 7.98. The fourth-order valence-corrected chi connectivity index (χ4v) is 5.57. The number of benzene rings is 1. The summed E-state index contributed by atoms with van der Waals surface area (Å²) >= 11 is 7.91. The predicted octanol–water partition coefficient (Wildman–Crippen LogP) is 2.61. The third-order valence-electron chi connectivity index (χ3n) is 6.38. The molecule has 0 radical (unpaired) electrons. The zero-order valence-electron chi connectivity index (χ0n) is 16.1. The summed E-state index contributed by atoms with van der Waals surface area (Å²) in [6.07, 6.45) is 3.40. The quantitative estimate of drug-likeness (QED) is 0.714. The Kier molecular flexibility index (Phi) is 4.96. The van der Waals surface area contributed by atoms with Crippen molar-refractivity contribution in [3.8, 4) is 0 Å². The molecule has 0 unspecified atom stereocenters. The van der Waals surface area contributed by atoms with Crippen molar-refractivity contribution in [3.63, 3.8) is 0 Å². The van der Waals surface area contributed by atoms with Crippen LogP contribution >= 0.6 is 23.4 Å². The second-order valence-electron chi connectivity index (χ2n) is 7.79. The Balaban J connectivity index is 1.86. The Hall–Kier alpha value is -1.57. The van der Waals surface area contributed by atoms with Crippen LogP contribution < -0.4 is 10.6 Å². The van der Waals surface area contributed by atoms with Gasteiger partial charge >= 0.3 is 0 Å². The highest BCUT2D eigenvalue weighted by Gasteiger charge is 2.70. The molecule has 1 aromatic carbocycles. The van der Waals surface area contributed by atoms with E-state index in [0.29, 0.717) is 29.1 Å². The van der Waals surface area contributed by atoms with Crippen LogP contribution in [0.3, 0.4) is 0 Å². The molecule has 1 aromatic rings. The number of imide groups is 1. The van der Waals surface area contributed by atoms with E-state index in [1.165, 1.54) is 4.90 Å². The number of anilines is 1. The van der Waals surface area contributed by atoms with Crippen LogP contribution in [0.15, 0.2) is 18.2 Å². The maximum atomic E-state index is 13.5. The van der Waals surface area contributed by atoms with E-state index in [-0.39, 0.29) is 29.8 Å². The van der Waals surface area contributed by atoms with Crippen LogP contribution in [0.4, 0.5) is 5.69 Å². The summed E-state index contributed by atoms with van der Waals surface area (Å²) in [5, 5.41) is 6.81. The number of carbonyl (C=O) groups is 3. The van der Waals surface area contributed by atoms with E-state index in [2.05, 4.69) is 10.6 Å². The number of nitrogens with zero attached hydrogens (tertiary/aromatic N) is 1. The molecule has 3 aliphatic rings. The first-order valence-corrected chi connectivity index (χ1v) is 11.4. The normalized spacial score (nSPS) is 32.1. The lowest BCUT2D eigenvalue weighted by atomic mass is 9.76. The van der Waals surface area contributed by atoms with E-state index in [1.807, 2.05) is 20.1 Å². The molecule has 0 bridgehead atoms. The van der Waals surface area contributed by atoms with Crippen molar-refractivity contribution in [3.05, 3.63) is 28.8 Å². The largest absolute Gasteiger partial charge is 0.324 e. The number of thioether (sulfide) groups is 1. The number of likely N-dealkylation sites (tertiary alicyclic amines) is 1. The standard InChI is InChI=1S/C20H24ClN3O3S/c1-4-10(2)24-17(25)15-14(7-8-28-3)23-20(16(15)18(24)26)12-9-11(21)5-6-13(12)22-19(20)27/h5-6,9-10,14-16,23H,4,7-8H2,1-3H3,(H,22,27)/t10-,14+,15+,16-,20-/m0/s1. The Labute approximate surface area is 173 Å². The van der Waals surface area contributed by atoms with E-state index in [9.17, 15) is 14.4 Å². The second kappa shape index (κ2) is 7.04. The first kappa shape index (κ1) is 19.7. The van der Waals surface area contributed by atoms with Crippen molar-refractivity contribution >= 4 is 46.8 Å². The SMILES string of the molecule is CC[C@H](C)N1C(=O)[C@H]2[C@@H](C1=O)[C@]1(N[C@@H]2CCSC)C(=O)Nc2ccc(Cl)cc21. The molecule has 8 heteroatoms. The second-order valence-corrected chi connectivity index (χ2v) is 9.21. The first-order valence-electron chi connectivity index (χ1n) is 9.61. The number of hydrogen-bond donors (Lipinski definition) is 2. The van der Waals surface area contributed by atoms with Crippen LogP contribution in [-0.2, 0) is 19.9 Å². The van der Waals surface area contributed by atoms with Crippen LogP contribution in [0.5, 0.6) is 0 Å². The summed E-state index contributed by atoms with van der Waals surface area (Å²) in [5.74, 6) is -1.15. The maximum Gasteiger partial charge on any atom is 0.250 e. The molecular formula is C20H24ClN3O3S.